The second-order valence-electron chi connectivity index (χ2n) is 4.94. The van der Waals surface area contributed by atoms with Crippen molar-refractivity contribution in [1.29, 1.82) is 0 Å². The quantitative estimate of drug-likeness (QED) is 0.469. The van der Waals surface area contributed by atoms with E-state index >= 15 is 0 Å². The van der Waals surface area contributed by atoms with Gasteiger partial charge in [-0.15, -0.1) is 0 Å². The van der Waals surface area contributed by atoms with E-state index in [4.69, 9.17) is 34.5 Å². The number of carbonyl (C=O) groups is 2. The third-order valence-corrected chi connectivity index (χ3v) is 3.50. The van der Waals surface area contributed by atoms with Gasteiger partial charge in [0.1, 0.15) is 0 Å². The van der Waals surface area contributed by atoms with Gasteiger partial charge in [0.05, 0.1) is 10.6 Å². The van der Waals surface area contributed by atoms with Gasteiger partial charge < -0.3 is 22.9 Å². The minimum absolute atomic E-state index is 0.0504. The van der Waals surface area contributed by atoms with Crippen LogP contribution in [0.15, 0.2) is 52.4 Å². The fourth-order valence-corrected chi connectivity index (χ4v) is 2.39. The molecule has 0 bridgehead atoms. The molecule has 2 aromatic carbocycles. The molecule has 0 aliphatic carbocycles. The number of carbonyl (C=O) groups excluding carboxylic acids is 2. The number of hydrogen-bond acceptors (Lipinski definition) is 2. The molecule has 2 amide bonds. The van der Waals surface area contributed by atoms with Crippen LogP contribution in [0.3, 0.4) is 0 Å². The number of aliphatic imine (C=N–C) groups is 2. The van der Waals surface area contributed by atoms with Gasteiger partial charge in [0.25, 0.3) is 11.8 Å². The molecule has 0 atom stereocenters. The van der Waals surface area contributed by atoms with Crippen molar-refractivity contribution in [3.05, 3.63) is 58.6 Å². The molecule has 2 aromatic rings. The van der Waals surface area contributed by atoms with Crippen LogP contribution >= 0.6 is 11.6 Å². The van der Waals surface area contributed by atoms with E-state index in [0.29, 0.717) is 11.1 Å². The Morgan fingerprint density at radius 2 is 1.40 bits per heavy atom. The summed E-state index contributed by atoms with van der Waals surface area (Å²) in [5.74, 6) is -2.35. The van der Waals surface area contributed by atoms with Crippen molar-refractivity contribution in [2.24, 2.45) is 32.9 Å². The van der Waals surface area contributed by atoms with Crippen molar-refractivity contribution in [1.82, 2.24) is 0 Å². The van der Waals surface area contributed by atoms with E-state index in [9.17, 15) is 9.59 Å². The molecule has 25 heavy (non-hydrogen) atoms. The molecular formula is C16H15ClN6O2. The maximum atomic E-state index is 12.2. The van der Waals surface area contributed by atoms with Gasteiger partial charge in [0.2, 0.25) is 0 Å². The lowest BCUT2D eigenvalue weighted by Gasteiger charge is -2.10. The lowest BCUT2D eigenvalue weighted by molar-refractivity contribution is 0.100. The molecule has 0 fully saturated rings. The van der Waals surface area contributed by atoms with Crippen LogP contribution in [-0.2, 0) is 0 Å². The summed E-state index contributed by atoms with van der Waals surface area (Å²) in [5, 5.41) is 0.0995. The zero-order valence-electron chi connectivity index (χ0n) is 12.9. The zero-order valence-corrected chi connectivity index (χ0v) is 13.7. The van der Waals surface area contributed by atoms with Gasteiger partial charge in [-0.05, 0) is 17.7 Å². The number of nitrogens with two attached hydrogens (primary N) is 4. The van der Waals surface area contributed by atoms with Crippen LogP contribution in [0.4, 0.5) is 0 Å². The fourth-order valence-electron chi connectivity index (χ4n) is 2.09. The molecule has 0 saturated carbocycles. The molecule has 2 rings (SSSR count). The second-order valence-corrected chi connectivity index (χ2v) is 5.31. The van der Waals surface area contributed by atoms with Crippen molar-refractivity contribution in [2.45, 2.75) is 0 Å². The smallest absolute Gasteiger partial charge is 0.281 e. The molecule has 8 N–H and O–H groups in total. The largest absolute Gasteiger partial charge is 0.370 e. The van der Waals surface area contributed by atoms with Crippen LogP contribution in [0.25, 0.3) is 11.1 Å². The predicted molar refractivity (Wildman–Crippen MR) is 97.2 cm³/mol. The van der Waals surface area contributed by atoms with Crippen LogP contribution in [0.5, 0.6) is 0 Å². The van der Waals surface area contributed by atoms with Gasteiger partial charge in [-0.25, -0.2) is 0 Å². The topological polar surface area (TPSA) is 163 Å². The number of benzene rings is 2. The number of rotatable bonds is 3. The molecule has 0 aromatic heterocycles. The molecule has 9 heteroatoms. The summed E-state index contributed by atoms with van der Waals surface area (Å²) in [7, 11) is 0. The highest BCUT2D eigenvalue weighted by Crippen LogP contribution is 2.33. The maximum absolute atomic E-state index is 12.2. The first-order valence-corrected chi connectivity index (χ1v) is 7.34. The Morgan fingerprint density at radius 3 is 1.96 bits per heavy atom. The predicted octanol–water partition coefficient (Wildman–Crippen LogP) is 0.834. The van der Waals surface area contributed by atoms with Crippen molar-refractivity contribution >= 4 is 35.3 Å². The third-order valence-electron chi connectivity index (χ3n) is 3.10. The van der Waals surface area contributed by atoms with Gasteiger partial charge in [0, 0.05) is 11.1 Å². The van der Waals surface area contributed by atoms with Crippen LogP contribution in [0, 0.1) is 0 Å². The summed E-state index contributed by atoms with van der Waals surface area (Å²) in [5.41, 5.74) is 22.1. The number of hydrogen-bond donors (Lipinski definition) is 4. The van der Waals surface area contributed by atoms with Crippen LogP contribution in [0.2, 0.25) is 5.02 Å². The first-order valence-electron chi connectivity index (χ1n) is 6.96. The Morgan fingerprint density at radius 1 is 0.840 bits per heavy atom. The molecule has 128 valence electrons. The van der Waals surface area contributed by atoms with Crippen LogP contribution in [0.1, 0.15) is 20.7 Å². The van der Waals surface area contributed by atoms with Gasteiger partial charge in [-0.2, -0.15) is 9.98 Å². The number of amides is 2. The molecule has 0 radical (unpaired) electrons. The van der Waals surface area contributed by atoms with E-state index in [0.717, 1.165) is 0 Å². The number of guanidine groups is 2. The van der Waals surface area contributed by atoms with E-state index in [2.05, 4.69) is 9.98 Å². The Bertz CT molecular complexity index is 885. The normalized spacial score (nSPS) is 9.96. The van der Waals surface area contributed by atoms with Gasteiger partial charge in [-0.1, -0.05) is 41.9 Å². The summed E-state index contributed by atoms with van der Waals surface area (Å²) in [6.45, 7) is 0. The van der Waals surface area contributed by atoms with E-state index in [1.54, 1.807) is 24.3 Å². The molecule has 0 unspecified atom stereocenters. The standard InChI is InChI=1S/C16H15ClN6O2/c17-12-10(8-4-2-1-3-5-8)6-9(13(24)22-15(18)19)7-11(12)14(25)23-16(20)21/h1-7H,(H4,18,19,22,24)(H4,20,21,23,25). The molecule has 0 heterocycles. The van der Waals surface area contributed by atoms with Crippen molar-refractivity contribution < 1.29 is 9.59 Å². The molecule has 0 aliphatic rings. The molecule has 0 spiro atoms. The van der Waals surface area contributed by atoms with Crippen molar-refractivity contribution in [2.75, 3.05) is 0 Å². The minimum Gasteiger partial charge on any atom is -0.370 e. The average molecular weight is 359 g/mol. The fraction of sp³-hybridized carbons (Fsp3) is 0. The molecular weight excluding hydrogens is 344 g/mol. The molecule has 8 nitrogen and oxygen atoms in total. The number of nitrogens with zero attached hydrogens (tertiary/aromatic N) is 2. The number of halogens is 1. The van der Waals surface area contributed by atoms with Crippen LogP contribution in [-0.4, -0.2) is 23.7 Å². The van der Waals surface area contributed by atoms with Gasteiger partial charge in [-0.3, -0.25) is 9.59 Å². The summed E-state index contributed by atoms with van der Waals surface area (Å²) < 4.78 is 0. The maximum Gasteiger partial charge on any atom is 0.281 e. The van der Waals surface area contributed by atoms with Crippen LogP contribution < -0.4 is 22.9 Å². The van der Waals surface area contributed by atoms with Gasteiger partial charge >= 0.3 is 0 Å². The van der Waals surface area contributed by atoms with E-state index in [1.165, 1.54) is 12.1 Å². The van der Waals surface area contributed by atoms with Crippen molar-refractivity contribution in [3.8, 4) is 11.1 Å². The third kappa shape index (κ3) is 4.33. The minimum atomic E-state index is -0.790. The Balaban J connectivity index is 2.71. The van der Waals surface area contributed by atoms with E-state index < -0.39 is 23.7 Å². The summed E-state index contributed by atoms with van der Waals surface area (Å²) in [6.07, 6.45) is 0. The first kappa shape index (κ1) is 18.0. The Hall–Kier alpha value is -3.39. The Kier molecular flexibility index (Phi) is 5.35. The highest BCUT2D eigenvalue weighted by Gasteiger charge is 2.19. The summed E-state index contributed by atoms with van der Waals surface area (Å²) >= 11 is 6.34. The lowest BCUT2D eigenvalue weighted by Crippen LogP contribution is -2.25. The van der Waals surface area contributed by atoms with Gasteiger partial charge in [0.15, 0.2) is 11.9 Å². The van der Waals surface area contributed by atoms with E-state index in [1.807, 2.05) is 6.07 Å². The monoisotopic (exact) mass is 358 g/mol. The SMILES string of the molecule is NC(N)=NC(=O)c1cc(C(=O)N=C(N)N)c(Cl)c(-c2ccccc2)c1. The summed E-state index contributed by atoms with van der Waals surface area (Å²) in [4.78, 5) is 31.3. The summed E-state index contributed by atoms with van der Waals surface area (Å²) in [6, 6.07) is 11.6. The van der Waals surface area contributed by atoms with Crippen molar-refractivity contribution in [3.63, 3.8) is 0 Å². The molecule has 0 saturated heterocycles. The second kappa shape index (κ2) is 7.45. The Labute approximate surface area is 148 Å². The van der Waals surface area contributed by atoms with E-state index in [-0.39, 0.29) is 16.1 Å². The average Bonchev–Trinajstić information content (AvgIpc) is 2.54. The highest BCUT2D eigenvalue weighted by molar-refractivity contribution is 6.37. The molecule has 0 aliphatic heterocycles. The lowest BCUT2D eigenvalue weighted by atomic mass is 9.99. The first-order chi connectivity index (χ1) is 11.8. The highest BCUT2D eigenvalue weighted by atomic mass is 35.5. The zero-order chi connectivity index (χ0) is 18.6.